The van der Waals surface area contributed by atoms with Crippen molar-refractivity contribution in [1.29, 1.82) is 0 Å². The van der Waals surface area contributed by atoms with Crippen LogP contribution in [0.1, 0.15) is 38.7 Å². The van der Waals surface area contributed by atoms with Crippen LogP contribution in [0.15, 0.2) is 65.9 Å². The zero-order valence-corrected chi connectivity index (χ0v) is 19.2. The molecular weight excluding hydrogens is 430 g/mol. The Bertz CT molecular complexity index is 985. The smallest absolute Gasteiger partial charge is 0.336 e. The maximum absolute atomic E-state index is 13.2. The average molecular weight is 458 g/mol. The molecule has 0 fully saturated rings. The van der Waals surface area contributed by atoms with Gasteiger partial charge in [-0.3, -0.25) is 4.79 Å². The first-order valence-electron chi connectivity index (χ1n) is 10.6. The van der Waals surface area contributed by atoms with Crippen LogP contribution in [0, 0.1) is 5.92 Å². The van der Waals surface area contributed by atoms with Gasteiger partial charge in [0.25, 0.3) is 0 Å². The molecule has 0 aliphatic heterocycles. The average Bonchev–Trinajstić information content (AvgIpc) is 2.74. The van der Waals surface area contributed by atoms with Crippen LogP contribution in [-0.4, -0.2) is 35.9 Å². The zero-order chi connectivity index (χ0) is 23.3. The largest absolute Gasteiger partial charge is 0.466 e. The fraction of sp³-hybridized carbons (Fsp3) is 0.360. The van der Waals surface area contributed by atoms with E-state index in [2.05, 4.69) is 5.32 Å². The highest BCUT2D eigenvalue weighted by Crippen LogP contribution is 2.48. The molecule has 2 aromatic carbocycles. The van der Waals surface area contributed by atoms with E-state index in [-0.39, 0.29) is 19.6 Å². The Hall–Kier alpha value is -2.83. The van der Waals surface area contributed by atoms with Gasteiger partial charge in [0.2, 0.25) is 0 Å². The number of hydrogen-bond acceptors (Lipinski definition) is 6. The number of nitrogens with one attached hydrogen (secondary N) is 1. The van der Waals surface area contributed by atoms with Crippen LogP contribution >= 0.6 is 11.6 Å². The third kappa shape index (κ3) is 5.14. The lowest BCUT2D eigenvalue weighted by atomic mass is 9.66. The Morgan fingerprint density at radius 3 is 2.28 bits per heavy atom. The Labute approximate surface area is 193 Å². The second-order valence-corrected chi connectivity index (χ2v) is 8.33. The lowest BCUT2D eigenvalue weighted by Crippen LogP contribution is -2.49. The lowest BCUT2D eigenvalue weighted by molar-refractivity contribution is -0.159. The molecule has 0 spiro atoms. The summed E-state index contributed by atoms with van der Waals surface area (Å²) in [4.78, 5) is 26.3. The molecule has 3 rings (SSSR count). The molecule has 0 heterocycles. The second-order valence-electron chi connectivity index (χ2n) is 7.90. The first-order valence-corrected chi connectivity index (χ1v) is 11.0. The monoisotopic (exact) mass is 457 g/mol. The van der Waals surface area contributed by atoms with Crippen LogP contribution in [0.25, 0.3) is 0 Å². The summed E-state index contributed by atoms with van der Waals surface area (Å²) >= 11 is 6.08. The van der Waals surface area contributed by atoms with Crippen LogP contribution < -0.4 is 5.32 Å². The second kappa shape index (κ2) is 10.2. The molecule has 1 aliphatic carbocycles. The zero-order valence-electron chi connectivity index (χ0n) is 18.4. The molecule has 32 heavy (non-hydrogen) atoms. The standard InChI is InChI=1S/C25H28ClNO5/c1-4-31-23(28)21-19(27-18-9-7-6-8-10-18)15-25(3,30)22(24(29)32-5-2)20(21)16-11-13-17(26)14-12-16/h6-14,20,22,27,30H,4-5,15H2,1-3H3/t20-,22-,25-/m1/s1. The minimum Gasteiger partial charge on any atom is -0.466 e. The topological polar surface area (TPSA) is 84.9 Å². The summed E-state index contributed by atoms with van der Waals surface area (Å²) < 4.78 is 10.7. The molecule has 0 amide bonds. The molecule has 0 radical (unpaired) electrons. The van der Waals surface area contributed by atoms with Gasteiger partial charge < -0.3 is 19.9 Å². The van der Waals surface area contributed by atoms with E-state index in [1.165, 1.54) is 0 Å². The van der Waals surface area contributed by atoms with Crippen LogP contribution in [0.2, 0.25) is 5.02 Å². The van der Waals surface area contributed by atoms with Crippen molar-refractivity contribution in [2.24, 2.45) is 5.92 Å². The number of para-hydroxylation sites is 1. The number of carbonyl (C=O) groups is 2. The minimum absolute atomic E-state index is 0.0453. The van der Waals surface area contributed by atoms with E-state index < -0.39 is 29.4 Å². The number of anilines is 1. The summed E-state index contributed by atoms with van der Waals surface area (Å²) in [6.45, 7) is 5.35. The summed E-state index contributed by atoms with van der Waals surface area (Å²) in [6.07, 6.45) is 0.0453. The van der Waals surface area contributed by atoms with Crippen LogP contribution in [0.4, 0.5) is 5.69 Å². The van der Waals surface area contributed by atoms with Crippen LogP contribution in [0.5, 0.6) is 0 Å². The molecule has 2 aromatic rings. The molecule has 0 saturated heterocycles. The lowest BCUT2D eigenvalue weighted by Gasteiger charge is -2.43. The molecule has 0 bridgehead atoms. The maximum Gasteiger partial charge on any atom is 0.336 e. The normalized spacial score (nSPS) is 22.9. The van der Waals surface area contributed by atoms with E-state index in [9.17, 15) is 14.7 Å². The summed E-state index contributed by atoms with van der Waals surface area (Å²) in [7, 11) is 0. The van der Waals surface area contributed by atoms with E-state index >= 15 is 0 Å². The third-order valence-electron chi connectivity index (χ3n) is 5.51. The third-order valence-corrected chi connectivity index (χ3v) is 5.76. The molecule has 6 nitrogen and oxygen atoms in total. The van der Waals surface area contributed by atoms with Gasteiger partial charge in [-0.15, -0.1) is 0 Å². The van der Waals surface area contributed by atoms with Gasteiger partial charge in [0.05, 0.1) is 30.3 Å². The Balaban J connectivity index is 2.23. The number of esters is 2. The van der Waals surface area contributed by atoms with Gasteiger partial charge in [0.15, 0.2) is 0 Å². The van der Waals surface area contributed by atoms with Gasteiger partial charge >= 0.3 is 11.9 Å². The molecule has 7 heteroatoms. The quantitative estimate of drug-likeness (QED) is 0.587. The highest BCUT2D eigenvalue weighted by Gasteiger charge is 2.52. The highest BCUT2D eigenvalue weighted by atomic mass is 35.5. The molecule has 2 N–H and O–H groups in total. The number of halogens is 1. The highest BCUT2D eigenvalue weighted by molar-refractivity contribution is 6.30. The van der Waals surface area contributed by atoms with Gasteiger partial charge in [0.1, 0.15) is 0 Å². The van der Waals surface area contributed by atoms with Gasteiger partial charge in [-0.25, -0.2) is 4.79 Å². The molecule has 3 atom stereocenters. The van der Waals surface area contributed by atoms with E-state index in [1.54, 1.807) is 45.0 Å². The number of aliphatic hydroxyl groups is 1. The number of rotatable bonds is 7. The molecule has 0 aromatic heterocycles. The summed E-state index contributed by atoms with van der Waals surface area (Å²) in [5.74, 6) is -2.92. The minimum atomic E-state index is -1.48. The van der Waals surface area contributed by atoms with Crippen molar-refractivity contribution >= 4 is 29.2 Å². The van der Waals surface area contributed by atoms with E-state index in [0.717, 1.165) is 5.69 Å². The Morgan fingerprint density at radius 2 is 1.69 bits per heavy atom. The van der Waals surface area contributed by atoms with Crippen molar-refractivity contribution in [1.82, 2.24) is 0 Å². The molecule has 0 saturated carbocycles. The number of carbonyl (C=O) groups excluding carboxylic acids is 2. The Morgan fingerprint density at radius 1 is 1.06 bits per heavy atom. The van der Waals surface area contributed by atoms with E-state index in [1.807, 2.05) is 30.3 Å². The van der Waals surface area contributed by atoms with Crippen molar-refractivity contribution in [3.8, 4) is 0 Å². The van der Waals surface area contributed by atoms with Crippen molar-refractivity contribution < 1.29 is 24.2 Å². The molecular formula is C25H28ClNO5. The molecule has 0 unspecified atom stereocenters. The van der Waals surface area contributed by atoms with Crippen molar-refractivity contribution in [3.63, 3.8) is 0 Å². The van der Waals surface area contributed by atoms with Crippen molar-refractivity contribution in [2.45, 2.75) is 38.7 Å². The van der Waals surface area contributed by atoms with Gasteiger partial charge in [-0.2, -0.15) is 0 Å². The predicted molar refractivity (Wildman–Crippen MR) is 123 cm³/mol. The molecule has 170 valence electrons. The van der Waals surface area contributed by atoms with Gasteiger partial charge in [0, 0.05) is 28.7 Å². The van der Waals surface area contributed by atoms with E-state index in [4.69, 9.17) is 21.1 Å². The van der Waals surface area contributed by atoms with Gasteiger partial charge in [-0.1, -0.05) is 41.9 Å². The number of benzene rings is 2. The predicted octanol–water partition coefficient (Wildman–Crippen LogP) is 4.69. The fourth-order valence-electron chi connectivity index (χ4n) is 4.19. The summed E-state index contributed by atoms with van der Waals surface area (Å²) in [5, 5.41) is 15.2. The van der Waals surface area contributed by atoms with Crippen molar-refractivity contribution in [2.75, 3.05) is 18.5 Å². The summed E-state index contributed by atoms with van der Waals surface area (Å²) in [6, 6.07) is 16.2. The molecule has 1 aliphatic rings. The number of ether oxygens (including phenoxy) is 2. The SMILES string of the molecule is CCOC(=O)C1=C(Nc2ccccc2)C[C@@](C)(O)[C@@H](C(=O)OCC)[C@@H]1c1ccc(Cl)cc1. The summed E-state index contributed by atoms with van der Waals surface area (Å²) in [5.41, 5.74) is 0.721. The van der Waals surface area contributed by atoms with Crippen LogP contribution in [0.3, 0.4) is 0 Å². The van der Waals surface area contributed by atoms with Crippen LogP contribution in [-0.2, 0) is 19.1 Å². The first kappa shape index (κ1) is 23.8. The van der Waals surface area contributed by atoms with Gasteiger partial charge in [-0.05, 0) is 50.6 Å². The van der Waals surface area contributed by atoms with E-state index in [0.29, 0.717) is 21.9 Å². The maximum atomic E-state index is 13.2. The first-order chi connectivity index (χ1) is 15.3. The van der Waals surface area contributed by atoms with Crippen molar-refractivity contribution in [3.05, 3.63) is 76.5 Å². The fourth-order valence-corrected chi connectivity index (χ4v) is 4.32. The Kier molecular flexibility index (Phi) is 7.59. The number of hydrogen-bond donors (Lipinski definition) is 2.